The molecule has 9 fully saturated rings. The van der Waals surface area contributed by atoms with Gasteiger partial charge in [-0.2, -0.15) is 0 Å². The van der Waals surface area contributed by atoms with E-state index in [4.69, 9.17) is 85.3 Å². The van der Waals surface area contributed by atoms with E-state index < -0.39 is 372 Å². The summed E-state index contributed by atoms with van der Waals surface area (Å²) in [6.45, 7) is -2.98. The highest BCUT2D eigenvalue weighted by molar-refractivity contribution is 5.76. The minimum absolute atomic E-state index is 0.145. The molecule has 9 rings (SSSR count). The van der Waals surface area contributed by atoms with Crippen LogP contribution < -0.4 is 21.3 Å². The summed E-state index contributed by atoms with van der Waals surface area (Å²) in [4.78, 5) is 52.8. The van der Waals surface area contributed by atoms with Crippen molar-refractivity contribution in [3.8, 4) is 0 Å². The highest BCUT2D eigenvalue weighted by atomic mass is 16.8. The van der Waals surface area contributed by atoms with Crippen molar-refractivity contribution < 1.29 is 237 Å². The number of nitrogens with one attached hydrogen (secondary N) is 4. The van der Waals surface area contributed by atoms with Gasteiger partial charge in [0, 0.05) is 27.2 Å². The molecule has 0 bridgehead atoms. The maximum absolute atomic E-state index is 13.6. The number of amides is 4. The summed E-state index contributed by atoms with van der Waals surface area (Å²) in [5.41, 5.74) is 0. The fraction of sp³-hybridized carbons (Fsp3) is 0.936. The summed E-state index contributed by atoms with van der Waals surface area (Å²) in [7, 11) is 0. The van der Waals surface area contributed by atoms with E-state index in [2.05, 4.69) is 35.1 Å². The molecule has 0 aromatic carbocycles. The first kappa shape index (κ1) is 125. The minimum Gasteiger partial charge on any atom is -0.394 e. The number of allylic oxidation sites excluding steroid dienone is 1. The summed E-state index contributed by atoms with van der Waals surface area (Å²) < 4.78 is 107. The van der Waals surface area contributed by atoms with Gasteiger partial charge in [-0.25, -0.2) is 0 Å². The Balaban J connectivity index is 0.838. The summed E-state index contributed by atoms with van der Waals surface area (Å²) in [5.74, 6) is -3.19. The first-order valence-electron chi connectivity index (χ1n) is 51.5. The van der Waals surface area contributed by atoms with Crippen LogP contribution in [0, 0.1) is 0 Å². The van der Waals surface area contributed by atoms with Crippen LogP contribution in [0.4, 0.5) is 0 Å². The van der Waals surface area contributed by atoms with Crippen LogP contribution in [0.25, 0.3) is 0 Å². The molecule has 850 valence electrons. The van der Waals surface area contributed by atoms with Crippen LogP contribution in [0.15, 0.2) is 12.2 Å². The monoisotopic (exact) mass is 2120 g/mol. The lowest BCUT2D eigenvalue weighted by Crippen LogP contribution is -2.71. The van der Waals surface area contributed by atoms with Gasteiger partial charge in [0.15, 0.2) is 56.6 Å². The maximum atomic E-state index is 13.6. The van der Waals surface area contributed by atoms with Gasteiger partial charge in [-0.15, -0.1) is 0 Å². The first-order chi connectivity index (χ1) is 69.9. The Morgan fingerprint density at radius 3 is 0.801 bits per heavy atom. The van der Waals surface area contributed by atoms with E-state index in [1.54, 1.807) is 6.08 Å². The second-order valence-electron chi connectivity index (χ2n) is 39.1. The largest absolute Gasteiger partial charge is 0.394 e. The topological polar surface area (TPSA) is 809 Å². The van der Waals surface area contributed by atoms with E-state index in [1.807, 2.05) is 6.08 Å². The number of rotatable bonds is 60. The molecule has 47 atom stereocenters. The number of unbranched alkanes of at least 4 members (excludes halogenated alkanes) is 23. The van der Waals surface area contributed by atoms with Crippen molar-refractivity contribution >= 4 is 23.6 Å². The second-order valence-corrected chi connectivity index (χ2v) is 39.1. The average molecular weight is 2120 g/mol. The van der Waals surface area contributed by atoms with Crippen LogP contribution in [-0.2, 0) is 104 Å². The lowest BCUT2D eigenvalue weighted by molar-refractivity contribution is -0.391. The van der Waals surface area contributed by atoms with Gasteiger partial charge >= 0.3 is 0 Å². The summed E-state index contributed by atoms with van der Waals surface area (Å²) in [6, 6.07) is -6.92. The van der Waals surface area contributed by atoms with Crippen LogP contribution >= 0.6 is 0 Å². The first-order valence-corrected chi connectivity index (χ1v) is 51.5. The number of carbonyl (C=O) groups excluding carboxylic acids is 4. The molecule has 146 heavy (non-hydrogen) atoms. The molecule has 9 aliphatic heterocycles. The third-order valence-corrected chi connectivity index (χ3v) is 28.0. The van der Waals surface area contributed by atoms with Gasteiger partial charge < -0.3 is 239 Å². The second kappa shape index (κ2) is 63.2. The van der Waals surface area contributed by atoms with E-state index in [1.165, 1.54) is 89.9 Å². The molecule has 0 spiro atoms. The smallest absolute Gasteiger partial charge is 0.220 e. The molecule has 52 nitrogen and oxygen atoms in total. The molecule has 0 saturated carbocycles. The van der Waals surface area contributed by atoms with Gasteiger partial charge in [0.25, 0.3) is 0 Å². The van der Waals surface area contributed by atoms with Crippen molar-refractivity contribution in [1.82, 2.24) is 21.3 Å². The summed E-state index contributed by atoms with van der Waals surface area (Å²) >= 11 is 0. The Morgan fingerprint density at radius 1 is 0.267 bits per heavy atom. The van der Waals surface area contributed by atoms with E-state index in [-0.39, 0.29) is 12.3 Å². The van der Waals surface area contributed by atoms with Crippen molar-refractivity contribution in [3.05, 3.63) is 12.2 Å². The number of hydrogen-bond acceptors (Lipinski definition) is 48. The molecular weight excluding hydrogens is 1950 g/mol. The van der Waals surface area contributed by atoms with Crippen molar-refractivity contribution in [2.75, 3.05) is 66.1 Å². The van der Waals surface area contributed by atoms with Crippen LogP contribution in [0.5, 0.6) is 0 Å². The predicted molar refractivity (Wildman–Crippen MR) is 494 cm³/mol. The van der Waals surface area contributed by atoms with Gasteiger partial charge in [-0.3, -0.25) is 19.2 Å². The molecular formula is C94H166N4O48. The number of aliphatic hydroxyl groups is 26. The molecule has 0 radical (unpaired) electrons. The molecule has 30 N–H and O–H groups in total. The molecule has 9 aliphatic rings. The fourth-order valence-electron chi connectivity index (χ4n) is 19.6. The fourth-order valence-corrected chi connectivity index (χ4v) is 19.6. The standard InChI is InChI=1S/C94H166N4O48/c1-6-8-10-12-14-16-18-20-22-24-26-28-30-32-48(111)47(98-58(112)33-31-29-27-25-23-21-19-17-15-13-11-9-7-2)43-129-89-73(124)71(122)81(57(42-107)138-89)142-94-76(127)84(65(116)52(37-102)134-94)145-88-60(96-45(4)109)68(119)79(55(40-105)136-88)140-92-74(125)82(63(114)50(35-100)132-92)143-86-59(95-44(3)108)67(118)78(54(39-104)135-86)139-91-75(126)83(64(115)51(36-101)131-91)144-87-61(97-46(5)110)69(120)80(56(41-106)137-87)141-93-77(128)85(66(117)53(38-103)133-93)146-90-72(123)70(121)62(113)49(34-99)130-90/h30,32,47-57,59-94,99-107,111,113-128H,6-29,31,33-43H2,1-5H3,(H,95,108)(H,96,109)(H,97,110)(H,98,112)/b32-30+/t47-,48+,49?,50?,51?,52?,53?,54?,55?,56?,57?,59?,60?,61?,62-,63-,64-,65-,66-,67+,68+,69+,70-,71+,72?,73?,74?,75?,76?,77?,78+,79+,80+,81+,82-,83-,84-,85-,86-,87-,88-,89+,90+,91-,92-,93-,94-/m0/s1. The minimum atomic E-state index is -2.38. The van der Waals surface area contributed by atoms with Gasteiger partial charge in [-0.05, 0) is 19.3 Å². The van der Waals surface area contributed by atoms with Crippen molar-refractivity contribution in [2.45, 2.75) is 490 Å². The number of carbonyl (C=O) groups is 4. The lowest BCUT2D eigenvalue weighted by atomic mass is 9.93. The molecule has 9 saturated heterocycles. The highest BCUT2D eigenvalue weighted by Gasteiger charge is 2.62. The number of ether oxygens (including phenoxy) is 18. The zero-order valence-electron chi connectivity index (χ0n) is 83.4. The number of hydrogen-bond donors (Lipinski definition) is 30. The SMILES string of the molecule is CCCCCCCCCCCCC/C=C/[C@@H](O)[C@H](CO[C@@H]1OC(CO)[C@@H](O[C@@H]2OC(CO)[C@H](O)[C@H](O[C@@H]3OC(CO)[C@@H](O[C@@H]4OC(CO)[C@H](O)[C@H](O[C@@H]5OC(CO)[C@@H](O[C@@H]6OC(CO)[C@H](O)[C@H](O[C@@H]7OC(CO)[C@@H](O[C@@H]8OC(CO)[C@H](O)[C@H](O[C@H]9OC(CO)[C@H](O)[C@H](O)C9O)C8O)[C@H](O)C7NC(C)=O)C6O)[C@H](O)C5NC(C)=O)C4O)[C@H](O)C3NC(C)=O)C2O)[C@H](O)C1O)NC(=O)CCCCCCCCCCCCCCC. The molecule has 0 aliphatic carbocycles. The summed E-state index contributed by atoms with van der Waals surface area (Å²) in [6.07, 6.45) is -55.8. The molecule has 18 unspecified atom stereocenters. The normalized spacial score (nSPS) is 40.8. The van der Waals surface area contributed by atoms with Crippen LogP contribution in [0.2, 0.25) is 0 Å². The average Bonchev–Trinajstić information content (AvgIpc) is 0.743. The van der Waals surface area contributed by atoms with Crippen molar-refractivity contribution in [3.63, 3.8) is 0 Å². The van der Waals surface area contributed by atoms with E-state index in [0.29, 0.717) is 12.8 Å². The number of aliphatic hydroxyl groups excluding tert-OH is 26. The van der Waals surface area contributed by atoms with E-state index in [0.717, 1.165) is 78.6 Å². The predicted octanol–water partition coefficient (Wildman–Crippen LogP) is -9.59. The molecule has 0 aromatic heterocycles. The third kappa shape index (κ3) is 34.2. The Hall–Kier alpha value is -4.14. The van der Waals surface area contributed by atoms with Gasteiger partial charge in [0.1, 0.15) is 220 Å². The van der Waals surface area contributed by atoms with E-state index in [9.17, 15) is 152 Å². The maximum Gasteiger partial charge on any atom is 0.220 e. The quantitative estimate of drug-likeness (QED) is 0.0199. The lowest BCUT2D eigenvalue weighted by Gasteiger charge is -2.51. The summed E-state index contributed by atoms with van der Waals surface area (Å²) in [5, 5.41) is 304. The van der Waals surface area contributed by atoms with Crippen molar-refractivity contribution in [2.24, 2.45) is 0 Å². The van der Waals surface area contributed by atoms with Gasteiger partial charge in [-0.1, -0.05) is 167 Å². The van der Waals surface area contributed by atoms with Crippen LogP contribution in [0.3, 0.4) is 0 Å². The van der Waals surface area contributed by atoms with Crippen LogP contribution in [0.1, 0.15) is 202 Å². The molecule has 52 heteroatoms. The zero-order valence-corrected chi connectivity index (χ0v) is 83.4. The highest BCUT2D eigenvalue weighted by Crippen LogP contribution is 2.41. The Bertz CT molecular complexity index is 3710. The molecule has 9 heterocycles. The van der Waals surface area contributed by atoms with Crippen molar-refractivity contribution in [1.29, 1.82) is 0 Å². The van der Waals surface area contributed by atoms with Gasteiger partial charge in [0.05, 0.1) is 78.2 Å². The molecule has 0 aromatic rings. The van der Waals surface area contributed by atoms with Crippen LogP contribution in [-0.4, -0.2) is 511 Å². The third-order valence-electron chi connectivity index (χ3n) is 28.0. The van der Waals surface area contributed by atoms with Gasteiger partial charge in [0.2, 0.25) is 23.6 Å². The Kier molecular flexibility index (Phi) is 54.2. The molecule has 4 amide bonds. The zero-order chi connectivity index (χ0) is 107. The Morgan fingerprint density at radius 2 is 0.507 bits per heavy atom. The van der Waals surface area contributed by atoms with E-state index >= 15 is 0 Å². The Labute approximate surface area is 846 Å².